The van der Waals surface area contributed by atoms with Crippen molar-refractivity contribution in [2.24, 2.45) is 5.92 Å². The van der Waals surface area contributed by atoms with Gasteiger partial charge in [0, 0.05) is 39.9 Å². The molecule has 162 valence electrons. The van der Waals surface area contributed by atoms with Gasteiger partial charge in [-0.2, -0.15) is 13.2 Å². The smallest absolute Gasteiger partial charge is 0.311 e. The largest absolute Gasteiger partial charge is 0.427 e. The Hall–Kier alpha value is -2.99. The second kappa shape index (κ2) is 7.31. The monoisotopic (exact) mass is 450 g/mol. The summed E-state index contributed by atoms with van der Waals surface area (Å²) in [5, 5.41) is 4.39. The summed E-state index contributed by atoms with van der Waals surface area (Å²) in [6.45, 7) is 3.31. The molecule has 1 aromatic heterocycles. The summed E-state index contributed by atoms with van der Waals surface area (Å²) in [5.41, 5.74) is -2.36. The third-order valence-electron chi connectivity index (χ3n) is 5.31. The van der Waals surface area contributed by atoms with E-state index in [1.165, 1.54) is 6.07 Å². The number of urea groups is 1. The molecule has 10 heteroatoms. The maximum Gasteiger partial charge on any atom is 0.427 e. The van der Waals surface area contributed by atoms with Crippen molar-refractivity contribution in [2.45, 2.75) is 44.8 Å². The maximum atomic E-state index is 14.2. The van der Waals surface area contributed by atoms with Crippen LogP contribution in [0.2, 0.25) is 5.02 Å². The Labute approximate surface area is 180 Å². The average Bonchev–Trinajstić information content (AvgIpc) is 3.47. The number of carbonyl (C=O) groups excluding carboxylic acids is 1. The molecule has 4 rings (SSSR count). The fourth-order valence-electron chi connectivity index (χ4n) is 3.54. The Kier molecular flexibility index (Phi) is 5.01. The first kappa shape index (κ1) is 21.2. The number of aromatic nitrogens is 2. The van der Waals surface area contributed by atoms with E-state index in [1.807, 2.05) is 5.32 Å². The molecule has 3 N–H and O–H groups in total. The number of halogens is 4. The highest BCUT2D eigenvalue weighted by atomic mass is 35.5. The van der Waals surface area contributed by atoms with E-state index in [0.29, 0.717) is 22.6 Å². The van der Waals surface area contributed by atoms with Gasteiger partial charge in [-0.3, -0.25) is 4.79 Å². The molecule has 2 amide bonds. The topological polar surface area (TPSA) is 86.9 Å². The normalized spacial score (nSPS) is 20.3. The molecule has 2 heterocycles. The molecule has 0 spiro atoms. The summed E-state index contributed by atoms with van der Waals surface area (Å²) in [6.07, 6.45) is -3.37. The molecule has 1 saturated carbocycles. The van der Waals surface area contributed by atoms with Gasteiger partial charge in [0.1, 0.15) is 5.82 Å². The minimum atomic E-state index is -4.87. The number of amides is 2. The molecule has 1 aliphatic heterocycles. The van der Waals surface area contributed by atoms with Gasteiger partial charge in [-0.05, 0) is 44.4 Å². The van der Waals surface area contributed by atoms with Gasteiger partial charge in [-0.15, -0.1) is 0 Å². The number of anilines is 1. The van der Waals surface area contributed by atoms with Crippen LogP contribution in [-0.4, -0.2) is 22.2 Å². The zero-order valence-corrected chi connectivity index (χ0v) is 17.4. The van der Waals surface area contributed by atoms with E-state index < -0.39 is 17.7 Å². The number of hydrogen-bond donors (Lipinski definition) is 3. The highest BCUT2D eigenvalue weighted by Crippen LogP contribution is 2.46. The van der Waals surface area contributed by atoms with Crippen molar-refractivity contribution in [2.75, 3.05) is 5.32 Å². The second-order valence-corrected chi connectivity index (χ2v) is 8.16. The van der Waals surface area contributed by atoms with Crippen molar-refractivity contribution in [3.8, 4) is 11.8 Å². The number of hydrogen-bond acceptors (Lipinski definition) is 3. The fourth-order valence-corrected chi connectivity index (χ4v) is 3.77. The van der Waals surface area contributed by atoms with E-state index >= 15 is 0 Å². The lowest BCUT2D eigenvalue weighted by Crippen LogP contribution is -2.59. The zero-order chi connectivity index (χ0) is 22.6. The van der Waals surface area contributed by atoms with Crippen LogP contribution in [0.25, 0.3) is 0 Å². The van der Waals surface area contributed by atoms with E-state index in [0.717, 1.165) is 18.9 Å². The number of fused-ring (bicyclic) bond motifs is 1. The summed E-state index contributed by atoms with van der Waals surface area (Å²) < 4.78 is 42.6. The molecule has 1 fully saturated rings. The quantitative estimate of drug-likeness (QED) is 0.606. The lowest BCUT2D eigenvalue weighted by Gasteiger charge is -2.37. The van der Waals surface area contributed by atoms with Crippen molar-refractivity contribution in [1.82, 2.24) is 15.3 Å². The minimum absolute atomic E-state index is 0.0259. The molecule has 0 radical (unpaired) electrons. The lowest BCUT2D eigenvalue weighted by atomic mass is 9.85. The van der Waals surface area contributed by atoms with E-state index in [2.05, 4.69) is 27.1 Å². The van der Waals surface area contributed by atoms with Gasteiger partial charge in [0.25, 0.3) is 5.56 Å². The minimum Gasteiger partial charge on any atom is -0.311 e. The molecular weight excluding hydrogens is 433 g/mol. The van der Waals surface area contributed by atoms with Crippen molar-refractivity contribution >= 4 is 23.3 Å². The number of aryl methyl sites for hydroxylation is 2. The van der Waals surface area contributed by atoms with Gasteiger partial charge in [0.2, 0.25) is 5.54 Å². The highest BCUT2D eigenvalue weighted by Gasteiger charge is 2.59. The summed E-state index contributed by atoms with van der Waals surface area (Å²) in [5.74, 6) is 5.24. The Balaban J connectivity index is 1.84. The van der Waals surface area contributed by atoms with Crippen LogP contribution >= 0.6 is 11.6 Å². The molecule has 0 bridgehead atoms. The third-order valence-corrected chi connectivity index (χ3v) is 5.67. The summed E-state index contributed by atoms with van der Waals surface area (Å²) in [6, 6.07) is 1.49. The van der Waals surface area contributed by atoms with Crippen LogP contribution in [0.1, 0.15) is 41.1 Å². The highest BCUT2D eigenvalue weighted by molar-refractivity contribution is 6.31. The number of carbonyl (C=O) groups is 1. The van der Waals surface area contributed by atoms with Crippen molar-refractivity contribution < 1.29 is 18.0 Å². The number of H-pyrrole nitrogens is 1. The first-order valence-electron chi connectivity index (χ1n) is 9.58. The van der Waals surface area contributed by atoms with Gasteiger partial charge in [-0.25, -0.2) is 9.78 Å². The third kappa shape index (κ3) is 3.88. The number of nitrogens with zero attached hydrogens (tertiary/aromatic N) is 1. The fraction of sp³-hybridized carbons (Fsp3) is 0.381. The van der Waals surface area contributed by atoms with E-state index in [-0.39, 0.29) is 34.2 Å². The lowest BCUT2D eigenvalue weighted by molar-refractivity contribution is -0.178. The zero-order valence-electron chi connectivity index (χ0n) is 16.6. The van der Waals surface area contributed by atoms with Crippen molar-refractivity contribution in [3.63, 3.8) is 0 Å². The number of rotatable bonds is 2. The van der Waals surface area contributed by atoms with Crippen LogP contribution in [0.5, 0.6) is 0 Å². The molecule has 1 atom stereocenters. The van der Waals surface area contributed by atoms with Gasteiger partial charge in [0.05, 0.1) is 0 Å². The van der Waals surface area contributed by atoms with Gasteiger partial charge >= 0.3 is 12.2 Å². The standard InChI is InChI=1S/C21H18ClF3N4O2/c1-10-14(18(30)27-11(2)26-10)7-13-8-17-15(9-16(13)22)20(21(23,24)25,29-19(31)28-17)6-5-12-3-4-12/h8-9,12H,3-4,7H2,1-2H3,(H,26,27,30)(H2,28,29,31). The molecule has 2 aliphatic rings. The average molecular weight is 451 g/mol. The first-order chi connectivity index (χ1) is 14.5. The van der Waals surface area contributed by atoms with Crippen LogP contribution in [0.15, 0.2) is 16.9 Å². The molecule has 1 unspecified atom stereocenters. The van der Waals surface area contributed by atoms with E-state index in [4.69, 9.17) is 11.6 Å². The summed E-state index contributed by atoms with van der Waals surface area (Å²) >= 11 is 6.35. The number of aromatic amines is 1. The Morgan fingerprint density at radius 1 is 1.26 bits per heavy atom. The van der Waals surface area contributed by atoms with E-state index in [1.54, 1.807) is 13.8 Å². The molecule has 0 saturated heterocycles. The van der Waals surface area contributed by atoms with Crippen LogP contribution in [0, 0.1) is 31.6 Å². The van der Waals surface area contributed by atoms with Crippen LogP contribution < -0.4 is 16.2 Å². The summed E-state index contributed by atoms with van der Waals surface area (Å²) in [7, 11) is 0. The SMILES string of the molecule is Cc1nc(C)c(Cc2cc3c(cc2Cl)C(C#CC2CC2)(C(F)(F)F)NC(=O)N3)c(=O)[nH]1. The Morgan fingerprint density at radius 3 is 2.58 bits per heavy atom. The molecule has 6 nitrogen and oxygen atoms in total. The first-order valence-corrected chi connectivity index (χ1v) is 9.96. The van der Waals surface area contributed by atoms with Crippen molar-refractivity contribution in [1.29, 1.82) is 0 Å². The van der Waals surface area contributed by atoms with Crippen molar-refractivity contribution in [3.05, 3.63) is 55.7 Å². The number of alkyl halides is 3. The predicted octanol–water partition coefficient (Wildman–Crippen LogP) is 3.94. The van der Waals surface area contributed by atoms with Gasteiger partial charge in [-0.1, -0.05) is 23.4 Å². The van der Waals surface area contributed by atoms with Gasteiger partial charge < -0.3 is 15.6 Å². The van der Waals surface area contributed by atoms with Gasteiger partial charge in [0.15, 0.2) is 0 Å². The molecule has 1 aliphatic carbocycles. The predicted molar refractivity (Wildman–Crippen MR) is 109 cm³/mol. The summed E-state index contributed by atoms with van der Waals surface area (Å²) in [4.78, 5) is 31.3. The number of benzene rings is 1. The van der Waals surface area contributed by atoms with Crippen LogP contribution in [-0.2, 0) is 12.0 Å². The maximum absolute atomic E-state index is 14.2. The molecule has 2 aromatic rings. The number of nitrogens with one attached hydrogen (secondary N) is 3. The Bertz CT molecular complexity index is 1210. The molecule has 1 aromatic carbocycles. The molecule has 31 heavy (non-hydrogen) atoms. The van der Waals surface area contributed by atoms with E-state index in [9.17, 15) is 22.8 Å². The Morgan fingerprint density at radius 2 is 1.97 bits per heavy atom. The van der Waals surface area contributed by atoms with Crippen LogP contribution in [0.4, 0.5) is 23.7 Å². The molecular formula is C21H18ClF3N4O2. The van der Waals surface area contributed by atoms with Crippen LogP contribution in [0.3, 0.4) is 0 Å². The second-order valence-electron chi connectivity index (χ2n) is 7.75.